The van der Waals surface area contributed by atoms with E-state index >= 15 is 0 Å². The molecule has 136 valence electrons. The van der Waals surface area contributed by atoms with Crippen LogP contribution < -0.4 is 5.32 Å². The number of aromatic nitrogens is 3. The topological polar surface area (TPSA) is 84.2 Å². The number of nitrogens with zero attached hydrogens (tertiary/aromatic N) is 4. The number of anilines is 2. The van der Waals surface area contributed by atoms with Gasteiger partial charge in [0.1, 0.15) is 17.7 Å². The molecule has 3 aromatic rings. The number of fused-ring (bicyclic) bond motifs is 2. The van der Waals surface area contributed by atoms with Crippen LogP contribution in [-0.2, 0) is 24.0 Å². The van der Waals surface area contributed by atoms with Gasteiger partial charge in [0.25, 0.3) is 0 Å². The van der Waals surface area contributed by atoms with Gasteiger partial charge < -0.3 is 4.42 Å². The Balaban J connectivity index is 1.64. The molecule has 0 saturated heterocycles. The highest BCUT2D eigenvalue weighted by Gasteiger charge is 2.26. The van der Waals surface area contributed by atoms with Crippen LogP contribution in [0.15, 0.2) is 28.9 Å². The van der Waals surface area contributed by atoms with Gasteiger partial charge in [-0.3, -0.25) is 5.32 Å². The summed E-state index contributed by atoms with van der Waals surface area (Å²) in [6.45, 7) is 5.15. The summed E-state index contributed by atoms with van der Waals surface area (Å²) in [6.07, 6.45) is 2.25. The normalized spacial score (nSPS) is 16.0. The second-order valence-electron chi connectivity index (χ2n) is 6.34. The fourth-order valence-corrected chi connectivity index (χ4v) is 4.22. The van der Waals surface area contributed by atoms with Gasteiger partial charge in [-0.25, -0.2) is 18.5 Å². The average Bonchev–Trinajstić information content (AvgIpc) is 3.02. The first kappa shape index (κ1) is 17.4. The molecule has 9 heteroatoms. The van der Waals surface area contributed by atoms with Gasteiger partial charge >= 0.3 is 6.01 Å². The Hall–Kier alpha value is -2.03. The van der Waals surface area contributed by atoms with Crippen molar-refractivity contribution in [2.24, 2.45) is 0 Å². The van der Waals surface area contributed by atoms with Crippen molar-refractivity contribution in [3.8, 4) is 0 Å². The molecule has 0 radical (unpaired) electrons. The van der Waals surface area contributed by atoms with Gasteiger partial charge in [-0.05, 0) is 32.0 Å². The molecule has 3 heterocycles. The zero-order valence-electron chi connectivity index (χ0n) is 14.4. The fourth-order valence-electron chi connectivity index (χ4n) is 2.93. The quantitative estimate of drug-likeness (QED) is 0.733. The summed E-state index contributed by atoms with van der Waals surface area (Å²) in [5, 5.41) is 3.80. The first-order chi connectivity index (χ1) is 12.5. The summed E-state index contributed by atoms with van der Waals surface area (Å²) < 4.78 is 20.1. The molecule has 1 N–H and O–H groups in total. The van der Waals surface area contributed by atoms with E-state index in [1.165, 1.54) is 6.33 Å². The van der Waals surface area contributed by atoms with E-state index in [2.05, 4.69) is 20.3 Å². The number of halogens is 1. The monoisotopic (exact) mass is 391 g/mol. The van der Waals surface area contributed by atoms with E-state index in [4.69, 9.17) is 16.0 Å². The third-order valence-corrected chi connectivity index (χ3v) is 6.06. The van der Waals surface area contributed by atoms with E-state index in [0.717, 1.165) is 24.2 Å². The van der Waals surface area contributed by atoms with Crippen LogP contribution in [0.2, 0.25) is 5.02 Å². The number of hydrogen-bond acceptors (Lipinski definition) is 6. The molecule has 1 unspecified atom stereocenters. The minimum absolute atomic E-state index is 0.0689. The van der Waals surface area contributed by atoms with Crippen LogP contribution in [0.25, 0.3) is 11.1 Å². The van der Waals surface area contributed by atoms with E-state index in [0.29, 0.717) is 34.5 Å². The summed E-state index contributed by atoms with van der Waals surface area (Å²) in [6, 6.07) is 5.61. The Labute approximate surface area is 158 Å². The minimum atomic E-state index is -1.04. The second-order valence-corrected chi connectivity index (χ2v) is 8.79. The van der Waals surface area contributed by atoms with Crippen LogP contribution in [0, 0.1) is 0 Å². The molecule has 1 atom stereocenters. The maximum atomic E-state index is 12.5. The Bertz CT molecular complexity index is 990. The lowest BCUT2D eigenvalue weighted by Crippen LogP contribution is -2.36. The van der Waals surface area contributed by atoms with Crippen molar-refractivity contribution >= 4 is 45.5 Å². The highest BCUT2D eigenvalue weighted by atomic mass is 35.5. The van der Waals surface area contributed by atoms with E-state index in [9.17, 15) is 4.21 Å². The standard InChI is InChI=1S/C17H18ClN5O2S/c1-10(2)26(24)23-6-5-13-12(8-23)16(20-9-19-13)22-17-21-14-7-11(18)3-4-15(14)25-17/h3-4,7,9-10H,5-6,8H2,1-2H3,(H,19,20,21,22). The Morgan fingerprint density at radius 1 is 1.35 bits per heavy atom. The maximum Gasteiger partial charge on any atom is 0.301 e. The molecule has 0 bridgehead atoms. The van der Waals surface area contributed by atoms with E-state index in [1.807, 2.05) is 18.2 Å². The molecule has 0 aliphatic carbocycles. The van der Waals surface area contributed by atoms with Crippen molar-refractivity contribution in [1.29, 1.82) is 0 Å². The van der Waals surface area contributed by atoms with Gasteiger partial charge in [0.2, 0.25) is 0 Å². The predicted octanol–water partition coefficient (Wildman–Crippen LogP) is 3.45. The van der Waals surface area contributed by atoms with Crippen LogP contribution in [0.3, 0.4) is 0 Å². The fraction of sp³-hybridized carbons (Fsp3) is 0.353. The summed E-state index contributed by atoms with van der Waals surface area (Å²) in [4.78, 5) is 13.1. The third-order valence-electron chi connectivity index (χ3n) is 4.20. The van der Waals surface area contributed by atoms with Crippen LogP contribution in [0.5, 0.6) is 0 Å². The molecule has 26 heavy (non-hydrogen) atoms. The predicted molar refractivity (Wildman–Crippen MR) is 102 cm³/mol. The zero-order chi connectivity index (χ0) is 18.3. The lowest BCUT2D eigenvalue weighted by Gasteiger charge is -2.29. The van der Waals surface area contributed by atoms with E-state index in [-0.39, 0.29) is 5.25 Å². The second kappa shape index (κ2) is 6.94. The number of benzene rings is 1. The molecule has 0 fully saturated rings. The van der Waals surface area contributed by atoms with Gasteiger partial charge in [-0.2, -0.15) is 4.98 Å². The zero-order valence-corrected chi connectivity index (χ0v) is 16.0. The molecule has 0 saturated carbocycles. The molecule has 0 spiro atoms. The minimum Gasteiger partial charge on any atom is -0.423 e. The molecule has 1 aromatic carbocycles. The highest BCUT2D eigenvalue weighted by molar-refractivity contribution is 7.83. The summed E-state index contributed by atoms with van der Waals surface area (Å²) >= 11 is 6.00. The van der Waals surface area contributed by atoms with E-state index in [1.54, 1.807) is 18.2 Å². The number of nitrogens with one attached hydrogen (secondary N) is 1. The molecular weight excluding hydrogens is 374 g/mol. The highest BCUT2D eigenvalue weighted by Crippen LogP contribution is 2.28. The first-order valence-corrected chi connectivity index (χ1v) is 9.87. The average molecular weight is 392 g/mol. The Morgan fingerprint density at radius 2 is 2.19 bits per heavy atom. The lowest BCUT2D eigenvalue weighted by molar-refractivity contribution is 0.413. The lowest BCUT2D eigenvalue weighted by atomic mass is 10.1. The molecule has 4 rings (SSSR count). The van der Waals surface area contributed by atoms with Crippen molar-refractivity contribution in [3.05, 3.63) is 40.8 Å². The number of oxazole rings is 1. The smallest absolute Gasteiger partial charge is 0.301 e. The number of hydrogen-bond donors (Lipinski definition) is 1. The Kier molecular flexibility index (Phi) is 4.64. The molecule has 1 aliphatic heterocycles. The molecule has 0 amide bonds. The Morgan fingerprint density at radius 3 is 3.00 bits per heavy atom. The van der Waals surface area contributed by atoms with Crippen molar-refractivity contribution in [2.45, 2.75) is 32.1 Å². The summed E-state index contributed by atoms with van der Waals surface area (Å²) in [5.41, 5.74) is 3.19. The number of rotatable bonds is 4. The maximum absolute atomic E-state index is 12.5. The van der Waals surface area contributed by atoms with E-state index < -0.39 is 11.0 Å². The van der Waals surface area contributed by atoms with Crippen LogP contribution >= 0.6 is 11.6 Å². The first-order valence-electron chi connectivity index (χ1n) is 8.33. The molecule has 2 aromatic heterocycles. The summed E-state index contributed by atoms with van der Waals surface area (Å²) in [7, 11) is -1.04. The van der Waals surface area contributed by atoms with Crippen LogP contribution in [0.1, 0.15) is 25.1 Å². The molecule has 1 aliphatic rings. The van der Waals surface area contributed by atoms with Crippen LogP contribution in [0.4, 0.5) is 11.8 Å². The molecular formula is C17H18ClN5O2S. The van der Waals surface area contributed by atoms with Crippen molar-refractivity contribution < 1.29 is 8.63 Å². The third kappa shape index (κ3) is 3.32. The van der Waals surface area contributed by atoms with Gasteiger partial charge in [-0.15, -0.1) is 0 Å². The van der Waals surface area contributed by atoms with Gasteiger partial charge in [0, 0.05) is 35.3 Å². The van der Waals surface area contributed by atoms with Crippen molar-refractivity contribution in [2.75, 3.05) is 11.9 Å². The van der Waals surface area contributed by atoms with Gasteiger partial charge in [0.15, 0.2) is 5.58 Å². The van der Waals surface area contributed by atoms with Crippen molar-refractivity contribution in [3.63, 3.8) is 0 Å². The van der Waals surface area contributed by atoms with Gasteiger partial charge in [0.05, 0.1) is 16.7 Å². The largest absolute Gasteiger partial charge is 0.423 e. The van der Waals surface area contributed by atoms with Crippen LogP contribution in [-0.4, -0.2) is 35.3 Å². The SMILES string of the molecule is CC(C)S(=O)N1CCc2ncnc(Nc3nc4cc(Cl)ccc4o3)c2C1. The molecule has 7 nitrogen and oxygen atoms in total. The summed E-state index contributed by atoms with van der Waals surface area (Å²) in [5.74, 6) is 0.623. The van der Waals surface area contributed by atoms with Gasteiger partial charge in [-0.1, -0.05) is 11.6 Å². The van der Waals surface area contributed by atoms with Crippen molar-refractivity contribution in [1.82, 2.24) is 19.3 Å².